The molecular formula is C13H21N7O5S2. The van der Waals surface area contributed by atoms with Crippen molar-refractivity contribution in [1.82, 2.24) is 24.4 Å². The Morgan fingerprint density at radius 1 is 1.30 bits per heavy atom. The van der Waals surface area contributed by atoms with Crippen LogP contribution in [0.4, 0.5) is 10.7 Å². The molecule has 0 saturated carbocycles. The van der Waals surface area contributed by atoms with Gasteiger partial charge in [0.2, 0.25) is 17.7 Å². The van der Waals surface area contributed by atoms with E-state index in [2.05, 4.69) is 25.1 Å². The van der Waals surface area contributed by atoms with Crippen molar-refractivity contribution in [2.45, 2.75) is 19.3 Å². The van der Waals surface area contributed by atoms with Crippen LogP contribution in [0.5, 0.6) is 11.8 Å². The molecule has 0 bridgehead atoms. The molecule has 150 valence electrons. The van der Waals surface area contributed by atoms with Crippen LogP contribution < -0.4 is 24.2 Å². The summed E-state index contributed by atoms with van der Waals surface area (Å²) in [6, 6.07) is 0.367. The Bertz CT molecular complexity index is 791. The molecule has 3 N–H and O–H groups in total. The molecule has 1 fully saturated rings. The van der Waals surface area contributed by atoms with E-state index in [4.69, 9.17) is 9.47 Å². The Kier molecular flexibility index (Phi) is 7.04. The Morgan fingerprint density at radius 2 is 1.93 bits per heavy atom. The summed E-state index contributed by atoms with van der Waals surface area (Å²) in [5, 5.41) is 8.07. The predicted molar refractivity (Wildman–Crippen MR) is 101 cm³/mol. The lowest BCUT2D eigenvalue weighted by Gasteiger charge is -2.21. The Hall–Kier alpha value is -2.32. The minimum absolute atomic E-state index is 0.143. The Balaban J connectivity index is 2.01. The zero-order chi connectivity index (χ0) is 20.0. The topological polar surface area (TPSA) is 147 Å². The highest BCUT2D eigenvalue weighted by molar-refractivity contribution is 8.00. The molecule has 1 aromatic heterocycles. The van der Waals surface area contributed by atoms with E-state index in [1.54, 1.807) is 5.01 Å². The second-order valence-electron chi connectivity index (χ2n) is 5.39. The molecule has 14 heteroatoms. The van der Waals surface area contributed by atoms with Crippen molar-refractivity contribution < 1.29 is 22.7 Å². The summed E-state index contributed by atoms with van der Waals surface area (Å²) < 4.78 is 38.5. The molecule has 1 aromatic rings. The zero-order valence-corrected chi connectivity index (χ0v) is 16.8. The lowest BCUT2D eigenvalue weighted by atomic mass is 10.5. The SMILES string of the molecule is COc1cc(OC)nc(NC(=O)NS(=O)(=O)NC2SCCN2N=C(C)C)n1. The number of amides is 2. The van der Waals surface area contributed by atoms with Gasteiger partial charge in [0.25, 0.3) is 0 Å². The third kappa shape index (κ3) is 6.41. The van der Waals surface area contributed by atoms with Crippen LogP contribution in [0, 0.1) is 0 Å². The van der Waals surface area contributed by atoms with Gasteiger partial charge in [-0.15, -0.1) is 11.8 Å². The number of ether oxygens (including phenoxy) is 2. The minimum atomic E-state index is -4.15. The van der Waals surface area contributed by atoms with Gasteiger partial charge in [0.05, 0.1) is 20.3 Å². The minimum Gasteiger partial charge on any atom is -0.481 e. The molecule has 27 heavy (non-hydrogen) atoms. The number of urea groups is 1. The standard InChI is InChI=1S/C13H21N7O5S2/c1-8(2)17-20-5-6-26-13(20)19-27(22,23)18-12(21)16-11-14-9(24-3)7-10(15-11)25-4/h7,13,19H,5-6H2,1-4H3,(H2,14,15,16,18,21). The van der Waals surface area contributed by atoms with Crippen LogP contribution in [0.3, 0.4) is 0 Å². The maximum atomic E-state index is 12.2. The first-order chi connectivity index (χ1) is 12.7. The summed E-state index contributed by atoms with van der Waals surface area (Å²) in [5.41, 5.74) is 0.176. The van der Waals surface area contributed by atoms with Gasteiger partial charge in [-0.2, -0.15) is 28.2 Å². The second kappa shape index (κ2) is 9.05. The first kappa shape index (κ1) is 21.0. The van der Waals surface area contributed by atoms with Crippen LogP contribution in [0.15, 0.2) is 11.2 Å². The molecule has 1 aliphatic heterocycles. The number of aromatic nitrogens is 2. The molecule has 1 aliphatic rings. The monoisotopic (exact) mass is 419 g/mol. The van der Waals surface area contributed by atoms with Gasteiger partial charge in [-0.3, -0.25) is 10.3 Å². The molecule has 0 aliphatic carbocycles. The highest BCUT2D eigenvalue weighted by Crippen LogP contribution is 2.22. The van der Waals surface area contributed by atoms with Gasteiger partial charge in [-0.1, -0.05) is 0 Å². The van der Waals surface area contributed by atoms with E-state index in [1.807, 2.05) is 18.6 Å². The molecule has 2 amide bonds. The quantitative estimate of drug-likeness (QED) is 0.526. The van der Waals surface area contributed by atoms with Gasteiger partial charge in [-0.25, -0.2) is 9.52 Å². The maximum Gasteiger partial charge on any atom is 0.336 e. The van der Waals surface area contributed by atoms with Crippen LogP contribution >= 0.6 is 11.8 Å². The zero-order valence-electron chi connectivity index (χ0n) is 15.2. The highest BCUT2D eigenvalue weighted by Gasteiger charge is 2.29. The van der Waals surface area contributed by atoms with Crippen LogP contribution in [0.25, 0.3) is 0 Å². The average molecular weight is 419 g/mol. The van der Waals surface area contributed by atoms with Gasteiger partial charge >= 0.3 is 16.2 Å². The van der Waals surface area contributed by atoms with Crippen LogP contribution in [-0.4, -0.2) is 67.2 Å². The summed E-state index contributed by atoms with van der Waals surface area (Å²) in [7, 11) is -1.39. The van der Waals surface area contributed by atoms with Gasteiger partial charge in [-0.05, 0) is 13.8 Å². The van der Waals surface area contributed by atoms with E-state index >= 15 is 0 Å². The van der Waals surface area contributed by atoms with Crippen molar-refractivity contribution >= 4 is 39.7 Å². The molecule has 12 nitrogen and oxygen atoms in total. The number of hydrogen-bond acceptors (Lipinski definition) is 10. The molecular weight excluding hydrogens is 398 g/mol. The van der Waals surface area contributed by atoms with Crippen molar-refractivity contribution in [3.05, 3.63) is 6.07 Å². The first-order valence-corrected chi connectivity index (χ1v) is 10.2. The molecule has 2 rings (SSSR count). The van der Waals surface area contributed by atoms with Gasteiger partial charge < -0.3 is 9.47 Å². The van der Waals surface area contributed by atoms with Crippen molar-refractivity contribution in [2.75, 3.05) is 31.8 Å². The summed E-state index contributed by atoms with van der Waals surface area (Å²) in [6.45, 7) is 4.21. The number of hydrazone groups is 1. The normalized spacial score (nSPS) is 16.6. The van der Waals surface area contributed by atoms with Gasteiger partial charge in [0, 0.05) is 18.0 Å². The summed E-state index contributed by atoms with van der Waals surface area (Å²) in [4.78, 5) is 19.8. The molecule has 2 heterocycles. The number of methoxy groups -OCH3 is 2. The lowest BCUT2D eigenvalue weighted by molar-refractivity contribution is 0.255. The first-order valence-electron chi connectivity index (χ1n) is 7.70. The highest BCUT2D eigenvalue weighted by atomic mass is 32.2. The van der Waals surface area contributed by atoms with Crippen molar-refractivity contribution in [1.29, 1.82) is 0 Å². The van der Waals surface area contributed by atoms with E-state index in [9.17, 15) is 13.2 Å². The lowest BCUT2D eigenvalue weighted by Crippen LogP contribution is -2.48. The number of anilines is 1. The smallest absolute Gasteiger partial charge is 0.336 e. The van der Waals surface area contributed by atoms with Crippen molar-refractivity contribution in [3.63, 3.8) is 0 Å². The van der Waals surface area contributed by atoms with Gasteiger partial charge in [0.1, 0.15) is 0 Å². The Morgan fingerprint density at radius 3 is 2.48 bits per heavy atom. The van der Waals surface area contributed by atoms with Crippen LogP contribution in [0.2, 0.25) is 0 Å². The third-order valence-electron chi connectivity index (χ3n) is 3.00. The number of carbonyl (C=O) groups is 1. The van der Waals surface area contributed by atoms with E-state index < -0.39 is 21.7 Å². The van der Waals surface area contributed by atoms with E-state index in [0.29, 0.717) is 12.3 Å². The van der Waals surface area contributed by atoms with Crippen LogP contribution in [0.1, 0.15) is 13.8 Å². The fourth-order valence-electron chi connectivity index (χ4n) is 2.00. The summed E-state index contributed by atoms with van der Waals surface area (Å²) >= 11 is 1.36. The molecule has 0 spiro atoms. The molecule has 1 unspecified atom stereocenters. The van der Waals surface area contributed by atoms with Gasteiger partial charge in [0.15, 0.2) is 5.50 Å². The average Bonchev–Trinajstić information content (AvgIpc) is 2.98. The van der Waals surface area contributed by atoms with E-state index in [1.165, 1.54) is 32.0 Å². The number of rotatable bonds is 7. The maximum absolute atomic E-state index is 12.2. The van der Waals surface area contributed by atoms with E-state index in [-0.39, 0.29) is 17.7 Å². The van der Waals surface area contributed by atoms with Crippen LogP contribution in [-0.2, 0) is 10.2 Å². The van der Waals surface area contributed by atoms with Crippen molar-refractivity contribution in [2.24, 2.45) is 5.10 Å². The van der Waals surface area contributed by atoms with Crippen molar-refractivity contribution in [3.8, 4) is 11.8 Å². The number of nitrogens with zero attached hydrogens (tertiary/aromatic N) is 4. The fraction of sp³-hybridized carbons (Fsp3) is 0.538. The molecule has 1 atom stereocenters. The number of hydrogen-bond donors (Lipinski definition) is 3. The largest absolute Gasteiger partial charge is 0.481 e. The molecule has 0 radical (unpaired) electrons. The number of nitrogens with one attached hydrogen (secondary N) is 3. The fourth-order valence-corrected chi connectivity index (χ4v) is 4.23. The number of carbonyl (C=O) groups excluding carboxylic acids is 1. The molecule has 0 aromatic carbocycles. The summed E-state index contributed by atoms with van der Waals surface area (Å²) in [6.07, 6.45) is 0. The second-order valence-corrected chi connectivity index (χ2v) is 8.02. The predicted octanol–water partition coefficient (Wildman–Crippen LogP) is 0.178. The van der Waals surface area contributed by atoms with E-state index in [0.717, 1.165) is 5.71 Å². The molecule has 1 saturated heterocycles. The number of thioether (sulfide) groups is 1. The summed E-state index contributed by atoms with van der Waals surface area (Å²) in [5.74, 6) is 0.808. The third-order valence-corrected chi connectivity index (χ3v) is 5.23. The Labute approximate surface area is 161 Å².